The minimum atomic E-state index is -1.16. The summed E-state index contributed by atoms with van der Waals surface area (Å²) < 4.78 is 5.18. The second-order valence-electron chi connectivity index (χ2n) is 5.97. The van der Waals surface area contributed by atoms with Gasteiger partial charge in [0.05, 0.1) is 0 Å². The topological polar surface area (TPSA) is 83.9 Å². The molecule has 1 rings (SSSR count). The zero-order valence-electron chi connectivity index (χ0n) is 13.2. The number of carbonyl (C=O) groups is 3. The minimum absolute atomic E-state index is 0.0278. The van der Waals surface area contributed by atoms with Crippen LogP contribution in [0.2, 0.25) is 0 Å². The molecule has 120 valence electrons. The van der Waals surface area contributed by atoms with Crippen LogP contribution in [-0.4, -0.2) is 47.0 Å². The summed E-state index contributed by atoms with van der Waals surface area (Å²) in [6.45, 7) is 5.11. The molecule has 0 saturated carbocycles. The van der Waals surface area contributed by atoms with Crippen LogP contribution in [0.3, 0.4) is 0 Å². The van der Waals surface area contributed by atoms with Gasteiger partial charge in [-0.05, 0) is 26.3 Å². The quantitative estimate of drug-likeness (QED) is 0.844. The van der Waals surface area contributed by atoms with Crippen molar-refractivity contribution in [2.75, 3.05) is 7.05 Å². The lowest BCUT2D eigenvalue weighted by Gasteiger charge is -2.28. The molecule has 0 aromatic heterocycles. The molecule has 1 aromatic rings. The van der Waals surface area contributed by atoms with E-state index in [2.05, 4.69) is 0 Å². The number of benzene rings is 1. The number of rotatable bonds is 5. The number of carbonyl (C=O) groups excluding carboxylic acids is 2. The van der Waals surface area contributed by atoms with Gasteiger partial charge in [0.15, 0.2) is 0 Å². The van der Waals surface area contributed by atoms with Gasteiger partial charge in [-0.3, -0.25) is 9.69 Å². The summed E-state index contributed by atoms with van der Waals surface area (Å²) in [6, 6.07) is 5.57. The maximum atomic E-state index is 12.0. The van der Waals surface area contributed by atoms with Crippen LogP contribution in [0.4, 0.5) is 4.79 Å². The van der Waals surface area contributed by atoms with Gasteiger partial charge in [-0.2, -0.15) is 0 Å². The van der Waals surface area contributed by atoms with E-state index in [1.165, 1.54) is 7.05 Å². The van der Waals surface area contributed by atoms with E-state index < -0.39 is 23.7 Å². The van der Waals surface area contributed by atoms with Crippen molar-refractivity contribution in [1.82, 2.24) is 4.90 Å². The molecule has 0 aliphatic carbocycles. The molecule has 0 unspecified atom stereocenters. The number of carboxylic acid groups (broad SMARTS) is 1. The van der Waals surface area contributed by atoms with Gasteiger partial charge in [0, 0.05) is 19.0 Å². The van der Waals surface area contributed by atoms with Gasteiger partial charge in [0.2, 0.25) is 0 Å². The highest BCUT2D eigenvalue weighted by Gasteiger charge is 2.30. The van der Waals surface area contributed by atoms with Crippen LogP contribution in [0.15, 0.2) is 24.3 Å². The maximum absolute atomic E-state index is 12.0. The van der Waals surface area contributed by atoms with E-state index in [1.54, 1.807) is 45.0 Å². The number of hydrogen-bond acceptors (Lipinski definition) is 4. The molecule has 22 heavy (non-hydrogen) atoms. The molecule has 1 amide bonds. The summed E-state index contributed by atoms with van der Waals surface area (Å²) in [6.07, 6.45) is -0.0229. The number of likely N-dealkylation sites (N-methyl/N-ethyl adjacent to an activating group) is 1. The van der Waals surface area contributed by atoms with E-state index in [0.717, 1.165) is 4.90 Å². The number of aliphatic carboxylic acids is 1. The van der Waals surface area contributed by atoms with E-state index in [4.69, 9.17) is 4.74 Å². The van der Waals surface area contributed by atoms with Crippen molar-refractivity contribution >= 4 is 18.3 Å². The Morgan fingerprint density at radius 3 is 2.41 bits per heavy atom. The van der Waals surface area contributed by atoms with Gasteiger partial charge in [-0.1, -0.05) is 24.3 Å². The average molecular weight is 307 g/mol. The molecule has 1 N–H and O–H groups in total. The lowest BCUT2D eigenvalue weighted by Crippen LogP contribution is -2.46. The molecular weight excluding hydrogens is 286 g/mol. The maximum Gasteiger partial charge on any atom is 0.410 e. The summed E-state index contributed by atoms with van der Waals surface area (Å²) in [5, 5.41) is 9.38. The number of nitrogens with zero attached hydrogens (tertiary/aromatic N) is 1. The third-order valence-corrected chi connectivity index (χ3v) is 3.03. The second kappa shape index (κ2) is 7.06. The van der Waals surface area contributed by atoms with Gasteiger partial charge in [0.1, 0.15) is 17.9 Å². The SMILES string of the molecule is CN(C(=O)OC(C)(C)C)[C@@H](Cc1ccccc1C=O)C(=O)O. The van der Waals surface area contributed by atoms with E-state index in [9.17, 15) is 19.5 Å². The summed E-state index contributed by atoms with van der Waals surface area (Å²) >= 11 is 0. The molecule has 0 bridgehead atoms. The average Bonchev–Trinajstić information content (AvgIpc) is 2.42. The zero-order valence-corrected chi connectivity index (χ0v) is 13.2. The number of amides is 1. The first-order valence-corrected chi connectivity index (χ1v) is 6.87. The molecular formula is C16H21NO5. The highest BCUT2D eigenvalue weighted by molar-refractivity contribution is 5.82. The van der Waals surface area contributed by atoms with Crippen LogP contribution in [0.1, 0.15) is 36.7 Å². The Morgan fingerprint density at radius 2 is 1.91 bits per heavy atom. The molecule has 0 aliphatic heterocycles. The number of hydrogen-bond donors (Lipinski definition) is 1. The van der Waals surface area contributed by atoms with Gasteiger partial charge >= 0.3 is 12.1 Å². The Hall–Kier alpha value is -2.37. The predicted octanol–water partition coefficient (Wildman–Crippen LogP) is 2.36. The lowest BCUT2D eigenvalue weighted by molar-refractivity contribution is -0.142. The van der Waals surface area contributed by atoms with Gasteiger partial charge in [-0.15, -0.1) is 0 Å². The fourth-order valence-electron chi connectivity index (χ4n) is 1.89. The number of carboxylic acids is 1. The molecule has 0 radical (unpaired) electrons. The van der Waals surface area contributed by atoms with Crippen molar-refractivity contribution in [1.29, 1.82) is 0 Å². The summed E-state index contributed by atoms with van der Waals surface area (Å²) in [4.78, 5) is 35.6. The van der Waals surface area contributed by atoms with Crippen molar-refractivity contribution in [3.8, 4) is 0 Å². The fraction of sp³-hybridized carbons (Fsp3) is 0.438. The van der Waals surface area contributed by atoms with Crippen LogP contribution < -0.4 is 0 Å². The highest BCUT2D eigenvalue weighted by atomic mass is 16.6. The molecule has 0 heterocycles. The molecule has 0 saturated heterocycles. The Kier molecular flexibility index (Phi) is 5.68. The van der Waals surface area contributed by atoms with E-state index in [1.807, 2.05) is 0 Å². The van der Waals surface area contributed by atoms with Crippen molar-refractivity contribution in [3.05, 3.63) is 35.4 Å². The van der Waals surface area contributed by atoms with Gasteiger partial charge in [-0.25, -0.2) is 9.59 Å². The Balaban J connectivity index is 2.96. The highest BCUT2D eigenvalue weighted by Crippen LogP contribution is 2.15. The molecule has 1 aromatic carbocycles. The van der Waals surface area contributed by atoms with Gasteiger partial charge in [0.25, 0.3) is 0 Å². The van der Waals surface area contributed by atoms with Crippen LogP contribution in [0.25, 0.3) is 0 Å². The van der Waals surface area contributed by atoms with E-state index in [-0.39, 0.29) is 6.42 Å². The van der Waals surface area contributed by atoms with E-state index in [0.29, 0.717) is 17.4 Å². The summed E-state index contributed by atoms with van der Waals surface area (Å²) in [7, 11) is 1.37. The third kappa shape index (κ3) is 4.87. The minimum Gasteiger partial charge on any atom is -0.480 e. The fourth-order valence-corrected chi connectivity index (χ4v) is 1.89. The first-order chi connectivity index (χ1) is 10.2. The van der Waals surface area contributed by atoms with Crippen molar-refractivity contribution in [2.24, 2.45) is 0 Å². The first kappa shape index (κ1) is 17.7. The zero-order chi connectivity index (χ0) is 16.9. The van der Waals surface area contributed by atoms with E-state index >= 15 is 0 Å². The summed E-state index contributed by atoms with van der Waals surface area (Å²) in [5.41, 5.74) is 0.265. The van der Waals surface area contributed by atoms with Crippen LogP contribution in [-0.2, 0) is 16.0 Å². The third-order valence-electron chi connectivity index (χ3n) is 3.03. The first-order valence-electron chi connectivity index (χ1n) is 6.87. The van der Waals surface area contributed by atoms with Crippen molar-refractivity contribution in [3.63, 3.8) is 0 Å². The smallest absolute Gasteiger partial charge is 0.410 e. The van der Waals surface area contributed by atoms with Crippen molar-refractivity contribution in [2.45, 2.75) is 38.8 Å². The lowest BCUT2D eigenvalue weighted by atomic mass is 10.0. The van der Waals surface area contributed by atoms with Crippen LogP contribution in [0, 0.1) is 0 Å². The largest absolute Gasteiger partial charge is 0.480 e. The van der Waals surface area contributed by atoms with Gasteiger partial charge < -0.3 is 9.84 Å². The van der Waals surface area contributed by atoms with Crippen molar-refractivity contribution < 1.29 is 24.2 Å². The summed E-state index contributed by atoms with van der Waals surface area (Å²) in [5.74, 6) is -1.16. The molecule has 0 aliphatic rings. The number of ether oxygens (including phenoxy) is 1. The van der Waals surface area contributed by atoms with Crippen LogP contribution in [0.5, 0.6) is 0 Å². The Labute approximate surface area is 129 Å². The molecule has 0 fully saturated rings. The number of aldehydes is 1. The molecule has 6 nitrogen and oxygen atoms in total. The van der Waals surface area contributed by atoms with Crippen LogP contribution >= 0.6 is 0 Å². The normalized spacial score (nSPS) is 12.4. The Morgan fingerprint density at radius 1 is 1.32 bits per heavy atom. The monoisotopic (exact) mass is 307 g/mol. The molecule has 6 heteroatoms. The Bertz CT molecular complexity index is 562. The predicted molar refractivity (Wildman–Crippen MR) is 81.0 cm³/mol. The standard InChI is InChI=1S/C16H21NO5/c1-16(2,3)22-15(21)17(4)13(14(19)20)9-11-7-5-6-8-12(11)10-18/h5-8,10,13H,9H2,1-4H3,(H,19,20)/t13-/m0/s1. The second-order valence-corrected chi connectivity index (χ2v) is 5.97. The molecule has 1 atom stereocenters. The molecule has 0 spiro atoms.